The molecule has 1 aromatic rings. The van der Waals surface area contributed by atoms with E-state index in [1.807, 2.05) is 0 Å². The quantitative estimate of drug-likeness (QED) is 0.508. The number of esters is 1. The second kappa shape index (κ2) is 7.23. The topological polar surface area (TPSA) is 72.5 Å². The zero-order valence-corrected chi connectivity index (χ0v) is 11.7. The molecule has 0 spiro atoms. The van der Waals surface area contributed by atoms with Gasteiger partial charge in [0.15, 0.2) is 11.9 Å². The molecule has 0 aliphatic heterocycles. The average molecular weight is 275 g/mol. The molecule has 1 atom stereocenters. The molecule has 0 fully saturated rings. The standard InChI is InChI=1S/C15H17NO4/c1-4-5-14(18)20-11(3)15(19)16-13-8-6-12(7-9-13)10(2)17/h4-9,11H,1-3H3,(H,16,19)/b5-4+. The molecule has 106 valence electrons. The van der Waals surface area contributed by atoms with Gasteiger partial charge in [-0.05, 0) is 45.0 Å². The van der Waals surface area contributed by atoms with Crippen LogP contribution in [0.3, 0.4) is 0 Å². The van der Waals surface area contributed by atoms with Crippen molar-refractivity contribution in [2.24, 2.45) is 0 Å². The van der Waals surface area contributed by atoms with E-state index >= 15 is 0 Å². The summed E-state index contributed by atoms with van der Waals surface area (Å²) in [6.45, 7) is 4.64. The highest BCUT2D eigenvalue weighted by molar-refractivity contribution is 5.97. The van der Waals surface area contributed by atoms with Crippen LogP contribution in [0, 0.1) is 0 Å². The lowest BCUT2D eigenvalue weighted by atomic mass is 10.1. The molecule has 0 bridgehead atoms. The van der Waals surface area contributed by atoms with Crippen LogP contribution in [0.25, 0.3) is 0 Å². The van der Waals surface area contributed by atoms with Crippen LogP contribution >= 0.6 is 0 Å². The van der Waals surface area contributed by atoms with Crippen molar-refractivity contribution in [1.82, 2.24) is 0 Å². The zero-order chi connectivity index (χ0) is 15.1. The molecule has 0 radical (unpaired) electrons. The summed E-state index contributed by atoms with van der Waals surface area (Å²) < 4.78 is 4.89. The van der Waals surface area contributed by atoms with E-state index < -0.39 is 18.0 Å². The van der Waals surface area contributed by atoms with Gasteiger partial charge in [0.25, 0.3) is 5.91 Å². The van der Waals surface area contributed by atoms with Crippen molar-refractivity contribution in [1.29, 1.82) is 0 Å². The van der Waals surface area contributed by atoms with Crippen molar-refractivity contribution in [3.8, 4) is 0 Å². The van der Waals surface area contributed by atoms with Gasteiger partial charge >= 0.3 is 5.97 Å². The van der Waals surface area contributed by atoms with E-state index in [-0.39, 0.29) is 5.78 Å². The molecule has 1 rings (SSSR count). The van der Waals surface area contributed by atoms with Gasteiger partial charge in [-0.2, -0.15) is 0 Å². The SMILES string of the molecule is C/C=C/C(=O)OC(C)C(=O)Nc1ccc(C(C)=O)cc1. The summed E-state index contributed by atoms with van der Waals surface area (Å²) in [6.07, 6.45) is 1.88. The highest BCUT2D eigenvalue weighted by Gasteiger charge is 2.16. The first-order chi connectivity index (χ1) is 9.43. The molecule has 1 amide bonds. The number of Topliss-reactive ketones (excluding diaryl/α,β-unsaturated/α-hetero) is 1. The fourth-order valence-corrected chi connectivity index (χ4v) is 1.44. The largest absolute Gasteiger partial charge is 0.449 e. The molecule has 1 aromatic carbocycles. The molecule has 1 unspecified atom stereocenters. The Balaban J connectivity index is 2.61. The van der Waals surface area contributed by atoms with Crippen LogP contribution in [-0.2, 0) is 14.3 Å². The average Bonchev–Trinajstić information content (AvgIpc) is 2.39. The van der Waals surface area contributed by atoms with Crippen LogP contribution < -0.4 is 5.32 Å². The minimum atomic E-state index is -0.897. The summed E-state index contributed by atoms with van der Waals surface area (Å²) in [5.74, 6) is -1.04. The molecule has 0 aliphatic rings. The van der Waals surface area contributed by atoms with Gasteiger partial charge in [-0.15, -0.1) is 0 Å². The Bertz CT molecular complexity index is 531. The molecule has 5 nitrogen and oxygen atoms in total. The lowest BCUT2D eigenvalue weighted by molar-refractivity contribution is -0.148. The lowest BCUT2D eigenvalue weighted by Gasteiger charge is -2.12. The first-order valence-corrected chi connectivity index (χ1v) is 6.19. The van der Waals surface area contributed by atoms with Crippen LogP contribution in [-0.4, -0.2) is 23.8 Å². The van der Waals surface area contributed by atoms with E-state index in [0.717, 1.165) is 0 Å². The Hall–Kier alpha value is -2.43. The number of ether oxygens (including phenoxy) is 1. The number of ketones is 1. The summed E-state index contributed by atoms with van der Waals surface area (Å²) in [4.78, 5) is 34.1. The molecular weight excluding hydrogens is 258 g/mol. The number of allylic oxidation sites excluding steroid dienone is 1. The monoisotopic (exact) mass is 275 g/mol. The Labute approximate surface area is 117 Å². The van der Waals surface area contributed by atoms with Gasteiger partial charge in [0.1, 0.15) is 0 Å². The van der Waals surface area contributed by atoms with E-state index in [1.165, 1.54) is 26.0 Å². The number of nitrogens with one attached hydrogen (secondary N) is 1. The number of rotatable bonds is 5. The van der Waals surface area contributed by atoms with Crippen LogP contribution in [0.5, 0.6) is 0 Å². The third-order valence-electron chi connectivity index (χ3n) is 2.52. The van der Waals surface area contributed by atoms with Gasteiger partial charge in [0.2, 0.25) is 0 Å². The van der Waals surface area contributed by atoms with Gasteiger partial charge in [0.05, 0.1) is 0 Å². The Morgan fingerprint density at radius 3 is 2.30 bits per heavy atom. The maximum Gasteiger partial charge on any atom is 0.331 e. The third kappa shape index (κ3) is 4.68. The molecule has 0 saturated carbocycles. The summed E-state index contributed by atoms with van der Waals surface area (Å²) in [5, 5.41) is 2.60. The zero-order valence-electron chi connectivity index (χ0n) is 11.7. The fraction of sp³-hybridized carbons (Fsp3) is 0.267. The number of amides is 1. The number of hydrogen-bond donors (Lipinski definition) is 1. The van der Waals surface area contributed by atoms with Crippen molar-refractivity contribution >= 4 is 23.3 Å². The Morgan fingerprint density at radius 1 is 1.20 bits per heavy atom. The van der Waals surface area contributed by atoms with Crippen molar-refractivity contribution in [3.63, 3.8) is 0 Å². The Morgan fingerprint density at radius 2 is 1.80 bits per heavy atom. The number of hydrogen-bond acceptors (Lipinski definition) is 4. The van der Waals surface area contributed by atoms with Crippen LogP contribution in [0.1, 0.15) is 31.1 Å². The minimum Gasteiger partial charge on any atom is -0.449 e. The van der Waals surface area contributed by atoms with E-state index in [9.17, 15) is 14.4 Å². The third-order valence-corrected chi connectivity index (χ3v) is 2.52. The summed E-state index contributed by atoms with van der Waals surface area (Å²) in [7, 11) is 0. The van der Waals surface area contributed by atoms with Crippen molar-refractivity contribution < 1.29 is 19.1 Å². The molecule has 5 heteroatoms. The Kier molecular flexibility index (Phi) is 5.65. The van der Waals surface area contributed by atoms with Gasteiger partial charge in [-0.25, -0.2) is 4.79 Å². The van der Waals surface area contributed by atoms with Crippen LogP contribution in [0.4, 0.5) is 5.69 Å². The molecular formula is C15H17NO4. The summed E-state index contributed by atoms with van der Waals surface area (Å²) in [5.41, 5.74) is 1.10. The van der Waals surface area contributed by atoms with Crippen molar-refractivity contribution in [3.05, 3.63) is 42.0 Å². The maximum atomic E-state index is 11.8. The molecule has 0 heterocycles. The molecule has 0 aliphatic carbocycles. The molecule has 1 N–H and O–H groups in total. The lowest BCUT2D eigenvalue weighted by Crippen LogP contribution is -2.29. The van der Waals surface area contributed by atoms with Gasteiger partial charge in [-0.1, -0.05) is 6.08 Å². The van der Waals surface area contributed by atoms with Crippen molar-refractivity contribution in [2.45, 2.75) is 26.9 Å². The van der Waals surface area contributed by atoms with Gasteiger partial charge in [-0.3, -0.25) is 9.59 Å². The molecule has 0 aromatic heterocycles. The maximum absolute atomic E-state index is 11.8. The highest BCUT2D eigenvalue weighted by Crippen LogP contribution is 2.11. The number of benzene rings is 1. The van der Waals surface area contributed by atoms with E-state index in [0.29, 0.717) is 11.3 Å². The van der Waals surface area contributed by atoms with Gasteiger partial charge < -0.3 is 10.1 Å². The summed E-state index contributed by atoms with van der Waals surface area (Å²) >= 11 is 0. The molecule has 20 heavy (non-hydrogen) atoms. The second-order valence-electron chi connectivity index (χ2n) is 4.20. The number of carbonyl (C=O) groups excluding carboxylic acids is 3. The normalized spacial score (nSPS) is 11.9. The summed E-state index contributed by atoms with van der Waals surface area (Å²) in [6, 6.07) is 6.48. The first-order valence-electron chi connectivity index (χ1n) is 6.19. The van der Waals surface area contributed by atoms with Crippen molar-refractivity contribution in [2.75, 3.05) is 5.32 Å². The van der Waals surface area contributed by atoms with Crippen LogP contribution in [0.2, 0.25) is 0 Å². The minimum absolute atomic E-state index is 0.0449. The highest BCUT2D eigenvalue weighted by atomic mass is 16.5. The van der Waals surface area contributed by atoms with E-state index in [2.05, 4.69) is 5.32 Å². The van der Waals surface area contributed by atoms with Crippen LogP contribution in [0.15, 0.2) is 36.4 Å². The van der Waals surface area contributed by atoms with E-state index in [1.54, 1.807) is 31.2 Å². The predicted molar refractivity (Wildman–Crippen MR) is 75.4 cm³/mol. The first kappa shape index (κ1) is 15.6. The second-order valence-corrected chi connectivity index (χ2v) is 4.20. The number of carbonyl (C=O) groups is 3. The fourth-order valence-electron chi connectivity index (χ4n) is 1.44. The number of anilines is 1. The smallest absolute Gasteiger partial charge is 0.331 e. The van der Waals surface area contributed by atoms with E-state index in [4.69, 9.17) is 4.74 Å². The molecule has 0 saturated heterocycles. The predicted octanol–water partition coefficient (Wildman–Crippen LogP) is 2.34. The van der Waals surface area contributed by atoms with Gasteiger partial charge in [0, 0.05) is 17.3 Å².